The summed E-state index contributed by atoms with van der Waals surface area (Å²) in [5.74, 6) is -0.440. The first-order valence-corrected chi connectivity index (χ1v) is 9.94. The zero-order chi connectivity index (χ0) is 17.6. The SMILES string of the molecule is CCCN(C1CCNCC1)S(=O)(=O)c1ccc(C(=O)OCC)cc1.Cl. The molecule has 1 saturated heterocycles. The van der Waals surface area contributed by atoms with Crippen LogP contribution in [0.1, 0.15) is 43.5 Å². The Labute approximate surface area is 156 Å². The minimum absolute atomic E-state index is 0. The number of nitrogens with zero attached hydrogens (tertiary/aromatic N) is 1. The third-order valence-electron chi connectivity index (χ3n) is 4.13. The fraction of sp³-hybridized carbons (Fsp3) is 0.588. The maximum atomic E-state index is 13.0. The number of carbonyl (C=O) groups is 1. The molecule has 6 nitrogen and oxygen atoms in total. The highest BCUT2D eigenvalue weighted by molar-refractivity contribution is 7.89. The number of esters is 1. The molecule has 1 fully saturated rings. The van der Waals surface area contributed by atoms with Crippen LogP contribution in [0.3, 0.4) is 0 Å². The maximum Gasteiger partial charge on any atom is 0.338 e. The van der Waals surface area contributed by atoms with Gasteiger partial charge in [-0.05, 0) is 63.5 Å². The number of carbonyl (C=O) groups excluding carboxylic acids is 1. The molecule has 2 rings (SSSR count). The Bertz CT molecular complexity index is 643. The van der Waals surface area contributed by atoms with Gasteiger partial charge >= 0.3 is 5.97 Å². The van der Waals surface area contributed by atoms with Crippen molar-refractivity contribution in [1.29, 1.82) is 0 Å². The largest absolute Gasteiger partial charge is 0.462 e. The van der Waals surface area contributed by atoms with E-state index in [0.717, 1.165) is 32.4 Å². The molecule has 142 valence electrons. The van der Waals surface area contributed by atoms with E-state index in [1.807, 2.05) is 6.92 Å². The zero-order valence-corrected chi connectivity index (χ0v) is 16.4. The first kappa shape index (κ1) is 21.9. The van der Waals surface area contributed by atoms with E-state index in [4.69, 9.17) is 4.74 Å². The Morgan fingerprint density at radius 1 is 1.20 bits per heavy atom. The van der Waals surface area contributed by atoms with Gasteiger partial charge < -0.3 is 10.1 Å². The number of hydrogen-bond donors (Lipinski definition) is 1. The number of rotatable bonds is 7. The van der Waals surface area contributed by atoms with E-state index < -0.39 is 16.0 Å². The first-order chi connectivity index (χ1) is 11.5. The van der Waals surface area contributed by atoms with Crippen molar-refractivity contribution in [2.24, 2.45) is 0 Å². The van der Waals surface area contributed by atoms with Gasteiger partial charge in [-0.2, -0.15) is 4.31 Å². The van der Waals surface area contributed by atoms with Gasteiger partial charge in [0.05, 0.1) is 17.1 Å². The van der Waals surface area contributed by atoms with Crippen LogP contribution in [0.4, 0.5) is 0 Å². The molecule has 0 radical (unpaired) electrons. The van der Waals surface area contributed by atoms with Gasteiger partial charge in [0.1, 0.15) is 0 Å². The number of sulfonamides is 1. The standard InChI is InChI=1S/C17H26N2O4S.ClH/c1-3-13-19(15-9-11-18-12-10-15)24(21,22)16-7-5-14(6-8-16)17(20)23-4-2;/h5-8,15,18H,3-4,9-13H2,1-2H3;1H. The Kier molecular flexibility index (Phi) is 8.85. The topological polar surface area (TPSA) is 75.7 Å². The summed E-state index contributed by atoms with van der Waals surface area (Å²) in [4.78, 5) is 11.9. The normalized spacial score (nSPS) is 15.6. The van der Waals surface area contributed by atoms with Crippen LogP contribution in [0.5, 0.6) is 0 Å². The highest BCUT2D eigenvalue weighted by Crippen LogP contribution is 2.23. The second-order valence-electron chi connectivity index (χ2n) is 5.84. The molecule has 1 N–H and O–H groups in total. The average Bonchev–Trinajstić information content (AvgIpc) is 2.60. The molecule has 1 aliphatic rings. The van der Waals surface area contributed by atoms with Crippen molar-refractivity contribution < 1.29 is 17.9 Å². The number of hydrogen-bond acceptors (Lipinski definition) is 5. The number of nitrogens with one attached hydrogen (secondary N) is 1. The molecular formula is C17H27ClN2O4S. The second-order valence-corrected chi connectivity index (χ2v) is 7.73. The van der Waals surface area contributed by atoms with Crippen LogP contribution >= 0.6 is 12.4 Å². The summed E-state index contributed by atoms with van der Waals surface area (Å²) in [6.45, 7) is 6.18. The van der Waals surface area contributed by atoms with E-state index in [2.05, 4.69) is 5.32 Å². The highest BCUT2D eigenvalue weighted by atomic mass is 35.5. The Morgan fingerprint density at radius 3 is 2.32 bits per heavy atom. The van der Waals surface area contributed by atoms with Crippen LogP contribution in [0.2, 0.25) is 0 Å². The lowest BCUT2D eigenvalue weighted by molar-refractivity contribution is 0.0526. The molecule has 0 saturated carbocycles. The second kappa shape index (κ2) is 10.1. The lowest BCUT2D eigenvalue weighted by Crippen LogP contribution is -2.46. The predicted molar refractivity (Wildman–Crippen MR) is 99.7 cm³/mol. The van der Waals surface area contributed by atoms with Gasteiger partial charge in [-0.25, -0.2) is 13.2 Å². The van der Waals surface area contributed by atoms with Gasteiger partial charge in [0, 0.05) is 12.6 Å². The summed E-state index contributed by atoms with van der Waals surface area (Å²) < 4.78 is 32.6. The number of piperidine rings is 1. The van der Waals surface area contributed by atoms with Crippen LogP contribution in [0, 0.1) is 0 Å². The van der Waals surface area contributed by atoms with E-state index >= 15 is 0 Å². The molecule has 25 heavy (non-hydrogen) atoms. The van der Waals surface area contributed by atoms with Crippen LogP contribution in [-0.4, -0.2) is 51.0 Å². The Morgan fingerprint density at radius 2 is 1.80 bits per heavy atom. The van der Waals surface area contributed by atoms with Crippen molar-refractivity contribution in [3.63, 3.8) is 0 Å². The molecule has 0 bridgehead atoms. The van der Waals surface area contributed by atoms with Crippen molar-refractivity contribution in [3.05, 3.63) is 29.8 Å². The predicted octanol–water partition coefficient (Wildman–Crippen LogP) is 2.44. The smallest absolute Gasteiger partial charge is 0.338 e. The lowest BCUT2D eigenvalue weighted by Gasteiger charge is -2.33. The maximum absolute atomic E-state index is 13.0. The van der Waals surface area contributed by atoms with E-state index in [-0.39, 0.29) is 23.3 Å². The summed E-state index contributed by atoms with van der Waals surface area (Å²) in [7, 11) is -3.56. The minimum Gasteiger partial charge on any atom is -0.462 e. The molecule has 0 unspecified atom stereocenters. The van der Waals surface area contributed by atoms with Crippen molar-refractivity contribution in [2.45, 2.75) is 44.0 Å². The Hall–Kier alpha value is -1.15. The Balaban J connectivity index is 0.00000312. The summed E-state index contributed by atoms with van der Waals surface area (Å²) in [5.41, 5.74) is 0.361. The molecule has 1 aromatic carbocycles. The van der Waals surface area contributed by atoms with Crippen LogP contribution in [-0.2, 0) is 14.8 Å². The van der Waals surface area contributed by atoms with Crippen molar-refractivity contribution in [1.82, 2.24) is 9.62 Å². The van der Waals surface area contributed by atoms with Crippen molar-refractivity contribution in [3.8, 4) is 0 Å². The summed E-state index contributed by atoms with van der Waals surface area (Å²) in [6, 6.07) is 6.03. The number of ether oxygens (including phenoxy) is 1. The third kappa shape index (κ3) is 5.41. The molecule has 0 atom stereocenters. The van der Waals surface area contributed by atoms with Gasteiger partial charge in [0.2, 0.25) is 10.0 Å². The minimum atomic E-state index is -3.56. The highest BCUT2D eigenvalue weighted by Gasteiger charge is 2.31. The molecule has 1 heterocycles. The fourth-order valence-corrected chi connectivity index (χ4v) is 4.70. The van der Waals surface area contributed by atoms with Gasteiger partial charge in [-0.15, -0.1) is 12.4 Å². The summed E-state index contributed by atoms with van der Waals surface area (Å²) in [5, 5.41) is 3.26. The summed E-state index contributed by atoms with van der Waals surface area (Å²) >= 11 is 0. The van der Waals surface area contributed by atoms with Crippen molar-refractivity contribution >= 4 is 28.4 Å². The zero-order valence-electron chi connectivity index (χ0n) is 14.7. The molecule has 1 aromatic rings. The number of halogens is 1. The first-order valence-electron chi connectivity index (χ1n) is 8.50. The van der Waals surface area contributed by atoms with Crippen LogP contribution in [0.25, 0.3) is 0 Å². The third-order valence-corrected chi connectivity index (χ3v) is 6.10. The molecular weight excluding hydrogens is 364 g/mol. The molecule has 0 aliphatic carbocycles. The van der Waals surface area contributed by atoms with Gasteiger partial charge in [-0.3, -0.25) is 0 Å². The van der Waals surface area contributed by atoms with E-state index in [1.165, 1.54) is 24.3 Å². The quantitative estimate of drug-likeness (QED) is 0.723. The van der Waals surface area contributed by atoms with Crippen LogP contribution in [0.15, 0.2) is 29.2 Å². The monoisotopic (exact) mass is 390 g/mol. The number of benzene rings is 1. The van der Waals surface area contributed by atoms with E-state index in [0.29, 0.717) is 18.7 Å². The van der Waals surface area contributed by atoms with Crippen LogP contribution < -0.4 is 5.32 Å². The lowest BCUT2D eigenvalue weighted by atomic mass is 10.1. The molecule has 0 spiro atoms. The molecule has 0 amide bonds. The average molecular weight is 391 g/mol. The van der Waals surface area contributed by atoms with Gasteiger partial charge in [0.25, 0.3) is 0 Å². The molecule has 0 aromatic heterocycles. The van der Waals surface area contributed by atoms with Gasteiger partial charge in [-0.1, -0.05) is 6.92 Å². The van der Waals surface area contributed by atoms with E-state index in [1.54, 1.807) is 11.2 Å². The summed E-state index contributed by atoms with van der Waals surface area (Å²) in [6.07, 6.45) is 2.41. The molecule has 1 aliphatic heterocycles. The van der Waals surface area contributed by atoms with Gasteiger partial charge in [0.15, 0.2) is 0 Å². The van der Waals surface area contributed by atoms with E-state index in [9.17, 15) is 13.2 Å². The van der Waals surface area contributed by atoms with Crippen molar-refractivity contribution in [2.75, 3.05) is 26.2 Å². The molecule has 8 heteroatoms. The fourth-order valence-electron chi connectivity index (χ4n) is 2.93.